The van der Waals surface area contributed by atoms with Gasteiger partial charge in [-0.25, -0.2) is 4.98 Å². The number of nitrogens with zero attached hydrogens (tertiary/aromatic N) is 1. The van der Waals surface area contributed by atoms with E-state index in [-0.39, 0.29) is 17.4 Å². The zero-order chi connectivity index (χ0) is 25.7. The monoisotopic (exact) mass is 485 g/mol. The maximum atomic E-state index is 12.6. The normalized spacial score (nSPS) is 11.4. The summed E-state index contributed by atoms with van der Waals surface area (Å²) in [5, 5.41) is 13.5. The smallest absolute Gasteiger partial charge is 0.274 e. The average molecular weight is 486 g/mol. The molecule has 0 radical (unpaired) electrons. The molecule has 1 aromatic heterocycles. The largest absolute Gasteiger partial charge is 0.507 e. The van der Waals surface area contributed by atoms with Crippen molar-refractivity contribution in [1.82, 2.24) is 15.3 Å². The number of hydrogen-bond donors (Lipinski definition) is 3. The number of rotatable bonds is 8. The molecule has 0 spiro atoms. The second-order valence-electron chi connectivity index (χ2n) is 8.28. The van der Waals surface area contributed by atoms with Crippen LogP contribution in [0.5, 0.6) is 11.5 Å². The van der Waals surface area contributed by atoms with Crippen LogP contribution in [0.2, 0.25) is 0 Å². The van der Waals surface area contributed by atoms with Gasteiger partial charge in [-0.05, 0) is 55.3 Å². The second-order valence-corrected chi connectivity index (χ2v) is 8.28. The number of fused-ring (bicyclic) bond motifs is 1. The first-order valence-electron chi connectivity index (χ1n) is 11.4. The molecule has 0 fully saturated rings. The Morgan fingerprint density at radius 3 is 2.56 bits per heavy atom. The summed E-state index contributed by atoms with van der Waals surface area (Å²) in [5.41, 5.74) is 3.63. The number of carbonyl (C=O) groups is 1. The fourth-order valence-corrected chi connectivity index (χ4v) is 3.84. The Balaban J connectivity index is 1.51. The Kier molecular flexibility index (Phi) is 7.34. The first-order chi connectivity index (χ1) is 17.4. The van der Waals surface area contributed by atoms with Gasteiger partial charge in [-0.1, -0.05) is 29.8 Å². The van der Waals surface area contributed by atoms with Crippen molar-refractivity contribution in [1.29, 1.82) is 0 Å². The topological polar surface area (TPSA) is 114 Å². The van der Waals surface area contributed by atoms with Crippen molar-refractivity contribution in [3.05, 3.63) is 99.0 Å². The molecule has 0 saturated carbocycles. The summed E-state index contributed by atoms with van der Waals surface area (Å²) in [6, 6.07) is 17.9. The van der Waals surface area contributed by atoms with Crippen LogP contribution in [0.15, 0.2) is 65.5 Å². The number of ether oxygens (including phenoxy) is 2. The van der Waals surface area contributed by atoms with Crippen molar-refractivity contribution in [2.24, 2.45) is 0 Å². The molecule has 4 aromatic rings. The fraction of sp³-hybridized carbons (Fsp3) is 0.179. The first kappa shape index (κ1) is 24.5. The van der Waals surface area contributed by atoms with Gasteiger partial charge in [-0.15, -0.1) is 0 Å². The third-order valence-corrected chi connectivity index (χ3v) is 5.71. The van der Waals surface area contributed by atoms with Crippen LogP contribution in [0, 0.1) is 6.92 Å². The lowest BCUT2D eigenvalue weighted by atomic mass is 10.1. The third-order valence-electron chi connectivity index (χ3n) is 5.71. The number of H-pyrrole nitrogens is 1. The Morgan fingerprint density at radius 1 is 1.03 bits per heavy atom. The molecule has 0 unspecified atom stereocenters. The van der Waals surface area contributed by atoms with Crippen molar-refractivity contribution in [3.8, 4) is 11.5 Å². The highest BCUT2D eigenvalue weighted by Crippen LogP contribution is 2.30. The van der Waals surface area contributed by atoms with Crippen LogP contribution in [0.4, 0.5) is 0 Å². The molecule has 0 atom stereocenters. The highest BCUT2D eigenvalue weighted by molar-refractivity contribution is 5.97. The van der Waals surface area contributed by atoms with Crippen LogP contribution in [0.1, 0.15) is 32.7 Å². The van der Waals surface area contributed by atoms with Crippen LogP contribution in [-0.2, 0) is 6.42 Å². The molecule has 3 aromatic carbocycles. The van der Waals surface area contributed by atoms with E-state index in [9.17, 15) is 14.7 Å². The van der Waals surface area contributed by atoms with Gasteiger partial charge in [-0.2, -0.15) is 0 Å². The summed E-state index contributed by atoms with van der Waals surface area (Å²) in [5.74, 6) is 0.573. The van der Waals surface area contributed by atoms with Gasteiger partial charge in [0.1, 0.15) is 11.5 Å². The lowest BCUT2D eigenvalue weighted by Crippen LogP contribution is -2.25. The van der Waals surface area contributed by atoms with Gasteiger partial charge in [0.2, 0.25) is 0 Å². The van der Waals surface area contributed by atoms with E-state index in [1.807, 2.05) is 25.1 Å². The Bertz CT molecular complexity index is 1510. The lowest BCUT2D eigenvalue weighted by molar-refractivity contribution is 0.0954. The van der Waals surface area contributed by atoms with E-state index < -0.39 is 5.56 Å². The van der Waals surface area contributed by atoms with Crippen LogP contribution in [-0.4, -0.2) is 41.7 Å². The van der Waals surface area contributed by atoms with E-state index in [1.165, 1.54) is 25.9 Å². The van der Waals surface area contributed by atoms with Gasteiger partial charge in [-0.3, -0.25) is 9.59 Å². The molecule has 184 valence electrons. The molecule has 1 heterocycles. The molecule has 3 N–H and O–H groups in total. The molecule has 1 amide bonds. The SMILES string of the molecule is COc1ccc(/C(O)=C/c2nc3ccc(C(=O)NCCc4cccc(C)c4)cc3[nH]c2=O)cc1OC. The molecule has 0 bridgehead atoms. The maximum absolute atomic E-state index is 12.6. The van der Waals surface area contributed by atoms with Crippen molar-refractivity contribution in [3.63, 3.8) is 0 Å². The molecule has 0 aliphatic heterocycles. The Hall–Kier alpha value is -4.59. The quantitative estimate of drug-likeness (QED) is 0.321. The molecule has 0 saturated heterocycles. The highest BCUT2D eigenvalue weighted by Gasteiger charge is 2.11. The summed E-state index contributed by atoms with van der Waals surface area (Å²) >= 11 is 0. The van der Waals surface area contributed by atoms with Crippen molar-refractivity contribution < 1.29 is 19.4 Å². The van der Waals surface area contributed by atoms with E-state index in [0.717, 1.165) is 12.0 Å². The molecular formula is C28H27N3O5. The summed E-state index contributed by atoms with van der Waals surface area (Å²) < 4.78 is 10.5. The number of aromatic amines is 1. The van der Waals surface area contributed by atoms with E-state index >= 15 is 0 Å². The minimum Gasteiger partial charge on any atom is -0.507 e. The average Bonchev–Trinajstić information content (AvgIpc) is 2.88. The molecule has 36 heavy (non-hydrogen) atoms. The van der Waals surface area contributed by atoms with Crippen LogP contribution >= 0.6 is 0 Å². The van der Waals surface area contributed by atoms with Gasteiger partial charge in [0.25, 0.3) is 11.5 Å². The fourth-order valence-electron chi connectivity index (χ4n) is 3.84. The summed E-state index contributed by atoms with van der Waals surface area (Å²) in [6.07, 6.45) is 2.00. The number of aryl methyl sites for hydroxylation is 1. The number of nitrogens with one attached hydrogen (secondary N) is 2. The second kappa shape index (κ2) is 10.8. The predicted molar refractivity (Wildman–Crippen MR) is 140 cm³/mol. The molecule has 4 rings (SSSR count). The van der Waals surface area contributed by atoms with E-state index in [4.69, 9.17) is 9.47 Å². The van der Waals surface area contributed by atoms with Crippen LogP contribution in [0.25, 0.3) is 22.9 Å². The maximum Gasteiger partial charge on any atom is 0.274 e. The van der Waals surface area contributed by atoms with Crippen LogP contribution < -0.4 is 20.3 Å². The third kappa shape index (κ3) is 5.55. The summed E-state index contributed by atoms with van der Waals surface area (Å²) in [6.45, 7) is 2.53. The first-order valence-corrected chi connectivity index (χ1v) is 11.4. The molecule has 8 nitrogen and oxygen atoms in total. The minimum atomic E-state index is -0.494. The molecular weight excluding hydrogens is 458 g/mol. The van der Waals surface area contributed by atoms with Crippen molar-refractivity contribution in [2.45, 2.75) is 13.3 Å². The van der Waals surface area contributed by atoms with E-state index in [1.54, 1.807) is 36.4 Å². The van der Waals surface area contributed by atoms with E-state index in [2.05, 4.69) is 21.4 Å². The van der Waals surface area contributed by atoms with Crippen molar-refractivity contribution >= 4 is 28.8 Å². The summed E-state index contributed by atoms with van der Waals surface area (Å²) in [4.78, 5) is 32.4. The Morgan fingerprint density at radius 2 is 1.81 bits per heavy atom. The number of aliphatic hydroxyl groups is 1. The van der Waals surface area contributed by atoms with Gasteiger partial charge in [0.05, 0.1) is 25.3 Å². The number of benzene rings is 3. The zero-order valence-corrected chi connectivity index (χ0v) is 20.3. The van der Waals surface area contributed by atoms with E-state index in [0.29, 0.717) is 40.2 Å². The minimum absolute atomic E-state index is 0.0325. The zero-order valence-electron chi connectivity index (χ0n) is 20.3. The molecule has 0 aliphatic rings. The highest BCUT2D eigenvalue weighted by atomic mass is 16.5. The number of carbonyl (C=O) groups excluding carboxylic acids is 1. The number of hydrogen-bond acceptors (Lipinski definition) is 6. The number of amides is 1. The summed E-state index contributed by atoms with van der Waals surface area (Å²) in [7, 11) is 3.02. The number of methoxy groups -OCH3 is 2. The lowest BCUT2D eigenvalue weighted by Gasteiger charge is -2.09. The van der Waals surface area contributed by atoms with Gasteiger partial charge in [0, 0.05) is 23.7 Å². The molecule has 8 heteroatoms. The van der Waals surface area contributed by atoms with Gasteiger partial charge in [0.15, 0.2) is 11.5 Å². The Labute approximate surface area is 208 Å². The predicted octanol–water partition coefficient (Wildman–Crippen LogP) is 4.28. The molecule has 0 aliphatic carbocycles. The van der Waals surface area contributed by atoms with Gasteiger partial charge < -0.3 is 24.9 Å². The standard InChI is InChI=1S/C28H27N3O5/c1-17-5-4-6-18(13-17)11-12-29-27(33)20-7-9-21-22(14-20)31-28(34)23(30-21)16-24(32)19-8-10-25(35-2)26(15-19)36-3/h4-10,13-16,32H,11-12H2,1-3H3,(H,29,33)(H,31,34)/b24-16-. The van der Waals surface area contributed by atoms with Crippen LogP contribution in [0.3, 0.4) is 0 Å². The van der Waals surface area contributed by atoms with Crippen molar-refractivity contribution in [2.75, 3.05) is 20.8 Å². The van der Waals surface area contributed by atoms with Gasteiger partial charge >= 0.3 is 0 Å². The number of aromatic nitrogens is 2. The number of aliphatic hydroxyl groups excluding tert-OH is 1.